The lowest BCUT2D eigenvalue weighted by molar-refractivity contribution is -0.0445. The normalized spacial score (nSPS) is 33.1. The summed E-state index contributed by atoms with van der Waals surface area (Å²) in [7, 11) is 3.31. The van der Waals surface area contributed by atoms with Crippen LogP contribution in [0.15, 0.2) is 41.4 Å². The van der Waals surface area contributed by atoms with E-state index in [1.54, 1.807) is 20.3 Å². The van der Waals surface area contributed by atoms with Gasteiger partial charge in [-0.25, -0.2) is 4.99 Å². The van der Waals surface area contributed by atoms with Gasteiger partial charge in [-0.1, -0.05) is 19.1 Å². The second kappa shape index (κ2) is 7.53. The van der Waals surface area contributed by atoms with Gasteiger partial charge in [0.25, 0.3) is 6.02 Å². The number of nitrogens with two attached hydrogens (primary N) is 1. The van der Waals surface area contributed by atoms with Gasteiger partial charge in [0.1, 0.15) is 17.8 Å². The molecule has 3 aliphatic rings. The monoisotopic (exact) mass is 433 g/mol. The molecule has 5 rings (SSSR count). The molecule has 6 heteroatoms. The highest BCUT2D eigenvalue weighted by Gasteiger charge is 2.62. The maximum absolute atomic E-state index is 9.47. The molecule has 1 aliphatic heterocycles. The Hall–Kier alpha value is -3.04. The molecule has 32 heavy (non-hydrogen) atoms. The van der Waals surface area contributed by atoms with E-state index in [0.29, 0.717) is 17.7 Å². The number of amidine groups is 1. The molecule has 1 saturated carbocycles. The Labute approximate surface area is 191 Å². The molecule has 2 spiro atoms. The van der Waals surface area contributed by atoms with Crippen molar-refractivity contribution in [3.05, 3.63) is 53.1 Å². The molecule has 1 fully saturated rings. The zero-order valence-electron chi connectivity index (χ0n) is 20.6. The lowest BCUT2D eigenvalue weighted by Crippen LogP contribution is -2.48. The van der Waals surface area contributed by atoms with Crippen molar-refractivity contribution in [2.24, 2.45) is 22.1 Å². The van der Waals surface area contributed by atoms with E-state index in [2.05, 4.69) is 19.1 Å². The summed E-state index contributed by atoms with van der Waals surface area (Å²) in [5.41, 5.74) is 8.35. The van der Waals surface area contributed by atoms with Gasteiger partial charge in [0.05, 0.1) is 27.6 Å². The molecule has 166 valence electrons. The highest BCUT2D eigenvalue weighted by atomic mass is 16.5. The van der Waals surface area contributed by atoms with Crippen LogP contribution in [0.2, 0.25) is 0 Å². The van der Waals surface area contributed by atoms with Gasteiger partial charge in [-0.15, -0.1) is 0 Å². The summed E-state index contributed by atoms with van der Waals surface area (Å²) in [6, 6.07) is 13.5. The molecule has 0 bridgehead atoms. The summed E-state index contributed by atoms with van der Waals surface area (Å²) < 4.78 is 34.6. The number of benzene rings is 2. The number of hydrogen-bond donors (Lipinski definition) is 1. The number of nitrogens with zero attached hydrogens (tertiary/aromatic N) is 2. The lowest BCUT2D eigenvalue weighted by atomic mass is 9.59. The van der Waals surface area contributed by atoms with E-state index in [1.165, 1.54) is 0 Å². The first-order valence-corrected chi connectivity index (χ1v) is 11.0. The molecule has 6 nitrogen and oxygen atoms in total. The van der Waals surface area contributed by atoms with Crippen molar-refractivity contribution in [2.75, 3.05) is 20.8 Å². The zero-order valence-corrected chi connectivity index (χ0v) is 18.6. The third-order valence-corrected chi connectivity index (χ3v) is 7.54. The number of aliphatic imine (C=N–C) groups is 1. The van der Waals surface area contributed by atoms with E-state index in [9.17, 15) is 5.26 Å². The van der Waals surface area contributed by atoms with Crippen molar-refractivity contribution in [3.63, 3.8) is 0 Å². The highest BCUT2D eigenvalue weighted by Crippen LogP contribution is 2.62. The molecule has 0 unspecified atom stereocenters. The van der Waals surface area contributed by atoms with Crippen LogP contribution in [0, 0.1) is 22.7 Å². The Morgan fingerprint density at radius 2 is 2.09 bits per heavy atom. The Bertz CT molecular complexity index is 1220. The summed E-state index contributed by atoms with van der Waals surface area (Å²) in [4.78, 5) is 4.76. The molecule has 0 amide bonds. The van der Waals surface area contributed by atoms with E-state index in [4.69, 9.17) is 27.7 Å². The lowest BCUT2D eigenvalue weighted by Gasteiger charge is -2.47. The number of ether oxygens (including phenoxy) is 3. The number of nitriles is 1. The average molecular weight is 434 g/mol. The number of methoxy groups -OCH3 is 2. The van der Waals surface area contributed by atoms with Crippen molar-refractivity contribution in [2.45, 2.75) is 44.2 Å². The van der Waals surface area contributed by atoms with Crippen LogP contribution < -0.4 is 10.5 Å². The first-order chi connectivity index (χ1) is 16.2. The zero-order chi connectivity index (χ0) is 24.3. The molecular weight excluding hydrogens is 402 g/mol. The third-order valence-electron chi connectivity index (χ3n) is 7.54. The van der Waals surface area contributed by atoms with Crippen LogP contribution >= 0.6 is 0 Å². The van der Waals surface area contributed by atoms with Gasteiger partial charge in [0.15, 0.2) is 0 Å². The average Bonchev–Trinajstić information content (AvgIpc) is 3.22. The third kappa shape index (κ3) is 2.99. The summed E-state index contributed by atoms with van der Waals surface area (Å²) >= 11 is 0. The molecule has 0 aromatic heterocycles. The molecule has 1 heterocycles. The van der Waals surface area contributed by atoms with Crippen LogP contribution in [0.1, 0.15) is 45.6 Å². The van der Waals surface area contributed by atoms with E-state index in [-0.39, 0.29) is 18.0 Å². The fourth-order valence-corrected chi connectivity index (χ4v) is 6.04. The van der Waals surface area contributed by atoms with Crippen molar-refractivity contribution in [1.82, 2.24) is 0 Å². The number of rotatable bonds is 3. The molecule has 0 radical (unpaired) electrons. The standard InChI is InChI=1S/C26H29N3O3/c1-16-12-25(7-6-23(16)31-3)13-19-5-4-18(11-22(19)26(25)15-32-24(28)29-26)20-8-17(14-27)9-21(10-20)30-2/h4-5,8-11,16,23H,6-7,12-13,15H2,1-3H3,(H2,28,29)/t16-,23-,25-,26+/m0/s1/i15D2. The van der Waals surface area contributed by atoms with Crippen molar-refractivity contribution < 1.29 is 17.0 Å². The highest BCUT2D eigenvalue weighted by molar-refractivity contribution is 5.76. The van der Waals surface area contributed by atoms with Gasteiger partial charge in [0, 0.05) is 12.5 Å². The van der Waals surface area contributed by atoms with E-state index in [0.717, 1.165) is 41.5 Å². The minimum absolute atomic E-state index is 0.114. The molecular formula is C26H29N3O3. The Morgan fingerprint density at radius 1 is 1.25 bits per heavy atom. The minimum Gasteiger partial charge on any atom is -0.497 e. The Balaban J connectivity index is 1.69. The van der Waals surface area contributed by atoms with E-state index in [1.807, 2.05) is 24.3 Å². The van der Waals surface area contributed by atoms with Crippen LogP contribution in [0.5, 0.6) is 5.75 Å². The van der Waals surface area contributed by atoms with Gasteiger partial charge >= 0.3 is 0 Å². The Kier molecular flexibility index (Phi) is 4.36. The maximum Gasteiger partial charge on any atom is 0.283 e. The van der Waals surface area contributed by atoms with Gasteiger partial charge in [-0.3, -0.25) is 0 Å². The molecule has 2 aliphatic carbocycles. The van der Waals surface area contributed by atoms with Gasteiger partial charge < -0.3 is 19.9 Å². The maximum atomic E-state index is 9.47. The fourth-order valence-electron chi connectivity index (χ4n) is 6.04. The van der Waals surface area contributed by atoms with Gasteiger partial charge in [-0.2, -0.15) is 5.26 Å². The second-order valence-electron chi connectivity index (χ2n) is 9.25. The summed E-state index contributed by atoms with van der Waals surface area (Å²) in [6.07, 6.45) is 3.18. The summed E-state index contributed by atoms with van der Waals surface area (Å²) in [5, 5.41) is 9.47. The summed E-state index contributed by atoms with van der Waals surface area (Å²) in [5.74, 6) is 0.836. The van der Waals surface area contributed by atoms with Gasteiger partial charge in [0.2, 0.25) is 0 Å². The first-order valence-electron chi connectivity index (χ1n) is 12.0. The quantitative estimate of drug-likeness (QED) is 0.785. The van der Waals surface area contributed by atoms with Crippen molar-refractivity contribution in [1.29, 1.82) is 5.26 Å². The van der Waals surface area contributed by atoms with Crippen LogP contribution in [-0.4, -0.2) is 32.9 Å². The van der Waals surface area contributed by atoms with Crippen molar-refractivity contribution >= 4 is 6.02 Å². The predicted molar refractivity (Wildman–Crippen MR) is 122 cm³/mol. The SMILES string of the molecule is [2H]C1([2H])OC(N)=N[C@@]12c1cc(-c3cc(C#N)cc(OC)c3)ccc1C[C@@]21CC[C@H](OC)[C@@H](C)C1. The minimum atomic E-state index is -2.09. The molecule has 2 aromatic carbocycles. The topological polar surface area (TPSA) is 89.9 Å². The second-order valence-corrected chi connectivity index (χ2v) is 9.25. The predicted octanol–water partition coefficient (Wildman–Crippen LogP) is 4.15. The fraction of sp³-hybridized carbons (Fsp3) is 0.462. The van der Waals surface area contributed by atoms with Crippen LogP contribution in [0.3, 0.4) is 0 Å². The Morgan fingerprint density at radius 3 is 2.75 bits per heavy atom. The molecule has 0 saturated heterocycles. The molecule has 2 aromatic rings. The number of fused-ring (bicyclic) bond motifs is 3. The number of hydrogen-bond acceptors (Lipinski definition) is 6. The summed E-state index contributed by atoms with van der Waals surface area (Å²) in [6.45, 7) is 0.0715. The van der Waals surface area contributed by atoms with Crippen LogP contribution in [-0.2, 0) is 21.4 Å². The van der Waals surface area contributed by atoms with E-state index < -0.39 is 17.5 Å². The van der Waals surface area contributed by atoms with Crippen molar-refractivity contribution in [3.8, 4) is 22.9 Å². The van der Waals surface area contributed by atoms with Crippen LogP contribution in [0.25, 0.3) is 11.1 Å². The smallest absolute Gasteiger partial charge is 0.283 e. The van der Waals surface area contributed by atoms with E-state index >= 15 is 0 Å². The molecule has 4 atom stereocenters. The first kappa shape index (κ1) is 18.5. The largest absolute Gasteiger partial charge is 0.497 e. The molecule has 2 N–H and O–H groups in total. The van der Waals surface area contributed by atoms with Gasteiger partial charge in [-0.05, 0) is 78.1 Å². The van der Waals surface area contributed by atoms with Crippen LogP contribution in [0.4, 0.5) is 0 Å².